The molecule has 1 amide bonds. The molecule has 1 aliphatic rings. The molecule has 7 nitrogen and oxygen atoms in total. The fourth-order valence-electron chi connectivity index (χ4n) is 3.76. The molecule has 1 aliphatic heterocycles. The third-order valence-electron chi connectivity index (χ3n) is 5.21. The molecule has 2 aromatic rings. The lowest BCUT2D eigenvalue weighted by Gasteiger charge is -2.39. The number of likely N-dealkylation sites (tertiary alicyclic amines) is 1. The minimum atomic E-state index is -0.279. The van der Waals surface area contributed by atoms with Crippen molar-refractivity contribution in [3.63, 3.8) is 0 Å². The number of piperidine rings is 1. The van der Waals surface area contributed by atoms with E-state index in [-0.39, 0.29) is 22.6 Å². The minimum Gasteiger partial charge on any atom is -0.442 e. The lowest BCUT2D eigenvalue weighted by molar-refractivity contribution is 0.0889. The van der Waals surface area contributed by atoms with Crippen LogP contribution >= 0.6 is 0 Å². The van der Waals surface area contributed by atoms with Crippen molar-refractivity contribution in [2.45, 2.75) is 52.1 Å². The summed E-state index contributed by atoms with van der Waals surface area (Å²) >= 11 is 0. The quantitative estimate of drug-likeness (QED) is 0.913. The van der Waals surface area contributed by atoms with Gasteiger partial charge < -0.3 is 14.3 Å². The second-order valence-corrected chi connectivity index (χ2v) is 7.00. The van der Waals surface area contributed by atoms with E-state index in [2.05, 4.69) is 29.0 Å². The highest BCUT2D eigenvalue weighted by Crippen LogP contribution is 2.22. The predicted molar refractivity (Wildman–Crippen MR) is 95.8 cm³/mol. The Balaban J connectivity index is 1.74. The van der Waals surface area contributed by atoms with Crippen molar-refractivity contribution in [1.29, 1.82) is 0 Å². The number of nitrogens with one attached hydrogen (secondary N) is 1. The molecule has 1 saturated heterocycles. The number of carbonyl (C=O) groups excluding carboxylic acids is 1. The molecular formula is C18H26N4O3. The van der Waals surface area contributed by atoms with Gasteiger partial charge in [-0.1, -0.05) is 6.42 Å². The van der Waals surface area contributed by atoms with Crippen LogP contribution in [-0.2, 0) is 7.05 Å². The summed E-state index contributed by atoms with van der Waals surface area (Å²) in [6.07, 6.45) is 5.06. The van der Waals surface area contributed by atoms with E-state index < -0.39 is 0 Å². The zero-order valence-electron chi connectivity index (χ0n) is 15.3. The Morgan fingerprint density at radius 3 is 2.72 bits per heavy atom. The smallest absolute Gasteiger partial charge is 0.265 e. The Kier molecular flexibility index (Phi) is 4.94. The molecule has 0 aromatic carbocycles. The fourth-order valence-corrected chi connectivity index (χ4v) is 3.76. The molecule has 0 spiro atoms. The van der Waals surface area contributed by atoms with Crippen molar-refractivity contribution in [1.82, 2.24) is 19.8 Å². The molecule has 136 valence electrons. The van der Waals surface area contributed by atoms with Crippen LogP contribution in [0.5, 0.6) is 0 Å². The molecule has 7 heteroatoms. The van der Waals surface area contributed by atoms with Crippen LogP contribution in [0.25, 0.3) is 11.1 Å². The van der Waals surface area contributed by atoms with E-state index in [1.54, 1.807) is 14.0 Å². The van der Waals surface area contributed by atoms with Crippen LogP contribution in [0.2, 0.25) is 0 Å². The first-order chi connectivity index (χ1) is 11.9. The van der Waals surface area contributed by atoms with Crippen LogP contribution in [0.3, 0.4) is 0 Å². The summed E-state index contributed by atoms with van der Waals surface area (Å²) in [6, 6.07) is 1.07. The number of furan rings is 1. The summed E-state index contributed by atoms with van der Waals surface area (Å²) in [7, 11) is 1.61. The van der Waals surface area contributed by atoms with Crippen LogP contribution in [0.15, 0.2) is 15.5 Å². The number of hydrogen-bond acceptors (Lipinski definition) is 5. The number of carbonyl (C=O) groups is 1. The zero-order chi connectivity index (χ0) is 18.1. The molecule has 0 unspecified atom stereocenters. The number of aryl methyl sites for hydroxylation is 2. The molecular weight excluding hydrogens is 320 g/mol. The second kappa shape index (κ2) is 7.00. The van der Waals surface area contributed by atoms with Crippen LogP contribution < -0.4 is 10.9 Å². The number of aromatic nitrogens is 2. The first-order valence-electron chi connectivity index (χ1n) is 8.88. The topological polar surface area (TPSA) is 80.4 Å². The summed E-state index contributed by atoms with van der Waals surface area (Å²) in [4.78, 5) is 31.5. The summed E-state index contributed by atoms with van der Waals surface area (Å²) in [6.45, 7) is 7.51. The number of nitrogens with zero attached hydrogens (tertiary/aromatic N) is 3. The van der Waals surface area contributed by atoms with Gasteiger partial charge in [0, 0.05) is 32.2 Å². The maximum Gasteiger partial charge on any atom is 0.265 e. The molecule has 1 N–H and O–H groups in total. The highest BCUT2D eigenvalue weighted by Gasteiger charge is 2.25. The van der Waals surface area contributed by atoms with E-state index in [0.29, 0.717) is 30.0 Å². The average Bonchev–Trinajstić information content (AvgIpc) is 2.90. The van der Waals surface area contributed by atoms with E-state index in [1.807, 2.05) is 0 Å². The Labute approximate surface area is 147 Å². The third-order valence-corrected chi connectivity index (χ3v) is 5.21. The highest BCUT2D eigenvalue weighted by molar-refractivity contribution is 6.06. The molecule has 3 rings (SSSR count). The number of amides is 1. The molecule has 3 heterocycles. The van der Waals surface area contributed by atoms with Crippen molar-refractivity contribution in [2.24, 2.45) is 7.05 Å². The van der Waals surface area contributed by atoms with Crippen molar-refractivity contribution < 1.29 is 9.21 Å². The standard InChI is InChI=1S/C18H26N4O3/c1-11-6-5-7-12(2)22(11)9-8-19-16(23)14-13(3)25-17-15(14)18(24)21(4)10-20-17/h10-12H,5-9H2,1-4H3,(H,19,23)/t11-,12-/m1/s1. The van der Waals surface area contributed by atoms with Gasteiger partial charge >= 0.3 is 0 Å². The predicted octanol–water partition coefficient (Wildman–Crippen LogP) is 1.83. The maximum absolute atomic E-state index is 12.6. The summed E-state index contributed by atoms with van der Waals surface area (Å²) in [5, 5.41) is 3.19. The summed E-state index contributed by atoms with van der Waals surface area (Å²) in [5.41, 5.74) is 0.234. The van der Waals surface area contributed by atoms with Crippen molar-refractivity contribution >= 4 is 17.0 Å². The van der Waals surface area contributed by atoms with E-state index in [1.165, 1.54) is 30.2 Å². The van der Waals surface area contributed by atoms with Crippen LogP contribution in [0.4, 0.5) is 0 Å². The van der Waals surface area contributed by atoms with Crippen molar-refractivity contribution in [3.05, 3.63) is 28.0 Å². The van der Waals surface area contributed by atoms with Crippen molar-refractivity contribution in [3.8, 4) is 0 Å². The first kappa shape index (κ1) is 17.7. The Morgan fingerprint density at radius 2 is 2.04 bits per heavy atom. The molecule has 0 aliphatic carbocycles. The van der Waals surface area contributed by atoms with E-state index in [0.717, 1.165) is 6.54 Å². The Bertz CT molecular complexity index is 829. The van der Waals surface area contributed by atoms with Crippen LogP contribution in [0, 0.1) is 6.92 Å². The van der Waals surface area contributed by atoms with Crippen LogP contribution in [-0.4, -0.2) is 45.5 Å². The second-order valence-electron chi connectivity index (χ2n) is 7.00. The molecule has 0 radical (unpaired) electrons. The van der Waals surface area contributed by atoms with Crippen LogP contribution in [0.1, 0.15) is 49.2 Å². The van der Waals surface area contributed by atoms with E-state index >= 15 is 0 Å². The Morgan fingerprint density at radius 1 is 1.36 bits per heavy atom. The zero-order valence-corrected chi connectivity index (χ0v) is 15.3. The van der Waals surface area contributed by atoms with E-state index in [4.69, 9.17) is 4.42 Å². The van der Waals surface area contributed by atoms with Gasteiger partial charge in [0.2, 0.25) is 5.71 Å². The van der Waals surface area contributed by atoms with Gasteiger partial charge in [0.05, 0.1) is 5.56 Å². The lowest BCUT2D eigenvalue weighted by Crippen LogP contribution is -2.47. The number of hydrogen-bond donors (Lipinski definition) is 1. The van der Waals surface area contributed by atoms with Gasteiger partial charge in [-0.25, -0.2) is 4.98 Å². The summed E-state index contributed by atoms with van der Waals surface area (Å²) < 4.78 is 6.84. The number of rotatable bonds is 4. The van der Waals surface area contributed by atoms with Gasteiger partial charge in [-0.3, -0.25) is 14.5 Å². The molecule has 0 saturated carbocycles. The molecule has 2 atom stereocenters. The van der Waals surface area contributed by atoms with Gasteiger partial charge in [0.25, 0.3) is 11.5 Å². The third kappa shape index (κ3) is 3.33. The fraction of sp³-hybridized carbons (Fsp3) is 0.611. The van der Waals surface area contributed by atoms with Gasteiger partial charge in [-0.2, -0.15) is 0 Å². The highest BCUT2D eigenvalue weighted by atomic mass is 16.3. The SMILES string of the molecule is Cc1oc2ncn(C)c(=O)c2c1C(=O)NCCN1[C@H](C)CCC[C@H]1C. The molecule has 1 fully saturated rings. The van der Waals surface area contributed by atoms with E-state index in [9.17, 15) is 9.59 Å². The lowest BCUT2D eigenvalue weighted by atomic mass is 9.98. The minimum absolute atomic E-state index is 0.212. The van der Waals surface area contributed by atoms with Gasteiger partial charge in [0.1, 0.15) is 17.5 Å². The number of fused-ring (bicyclic) bond motifs is 1. The normalized spacial score (nSPS) is 21.6. The van der Waals surface area contributed by atoms with Gasteiger partial charge in [0.15, 0.2) is 0 Å². The Hall–Kier alpha value is -2.15. The summed E-state index contributed by atoms with van der Waals surface area (Å²) in [5.74, 6) is 0.140. The monoisotopic (exact) mass is 346 g/mol. The first-order valence-corrected chi connectivity index (χ1v) is 8.88. The van der Waals surface area contributed by atoms with Crippen molar-refractivity contribution in [2.75, 3.05) is 13.1 Å². The maximum atomic E-state index is 12.6. The molecule has 0 bridgehead atoms. The molecule has 2 aromatic heterocycles. The van der Waals surface area contributed by atoms with Gasteiger partial charge in [-0.05, 0) is 33.6 Å². The van der Waals surface area contributed by atoms with Gasteiger partial charge in [-0.15, -0.1) is 0 Å². The molecule has 25 heavy (non-hydrogen) atoms. The largest absolute Gasteiger partial charge is 0.442 e. The average molecular weight is 346 g/mol.